The van der Waals surface area contributed by atoms with Gasteiger partial charge in [-0.05, 0) is 18.8 Å². The minimum Gasteiger partial charge on any atom is -0.480 e. The lowest BCUT2D eigenvalue weighted by atomic mass is 10.2. The number of carboxylic acid groups (broad SMARTS) is 1. The van der Waals surface area contributed by atoms with Crippen LogP contribution in [0.15, 0.2) is 12.3 Å². The van der Waals surface area contributed by atoms with Crippen molar-refractivity contribution in [3.05, 3.63) is 12.3 Å². The summed E-state index contributed by atoms with van der Waals surface area (Å²) in [6.07, 6.45) is 3.86. The van der Waals surface area contributed by atoms with E-state index in [0.717, 1.165) is 12.8 Å². The molecule has 108 valence electrons. The number of aliphatic carboxylic acids is 1. The van der Waals surface area contributed by atoms with E-state index in [0.29, 0.717) is 17.5 Å². The van der Waals surface area contributed by atoms with Crippen molar-refractivity contribution in [2.75, 3.05) is 11.1 Å². The van der Waals surface area contributed by atoms with Crippen LogP contribution in [-0.4, -0.2) is 49.0 Å². The second kappa shape index (κ2) is 5.01. The molecule has 1 aromatic rings. The van der Waals surface area contributed by atoms with Crippen molar-refractivity contribution in [1.29, 1.82) is 0 Å². The summed E-state index contributed by atoms with van der Waals surface area (Å²) in [7, 11) is 1.76. The predicted octanol–water partition coefficient (Wildman–Crippen LogP) is 1.19. The fourth-order valence-electron chi connectivity index (χ4n) is 2.38. The summed E-state index contributed by atoms with van der Waals surface area (Å²) in [6, 6.07) is 0.551. The highest BCUT2D eigenvalue weighted by Crippen LogP contribution is 2.45. The van der Waals surface area contributed by atoms with Gasteiger partial charge in [-0.25, -0.2) is 9.59 Å². The lowest BCUT2D eigenvalue weighted by molar-refractivity contribution is -0.141. The van der Waals surface area contributed by atoms with Crippen LogP contribution in [0.4, 0.5) is 10.6 Å². The Morgan fingerprint density at radius 2 is 2.25 bits per heavy atom. The van der Waals surface area contributed by atoms with Crippen molar-refractivity contribution in [3.63, 3.8) is 0 Å². The first-order valence-corrected chi connectivity index (χ1v) is 7.54. The molecule has 2 atom stereocenters. The lowest BCUT2D eigenvalue weighted by Crippen LogP contribution is -2.48. The first kappa shape index (κ1) is 13.3. The molecule has 1 aliphatic heterocycles. The highest BCUT2D eigenvalue weighted by Gasteiger charge is 2.48. The second-order valence-corrected chi connectivity index (χ2v) is 6.28. The van der Waals surface area contributed by atoms with Gasteiger partial charge in [-0.15, -0.1) is 11.8 Å². The first-order chi connectivity index (χ1) is 9.56. The lowest BCUT2D eigenvalue weighted by Gasteiger charge is -2.27. The van der Waals surface area contributed by atoms with Gasteiger partial charge in [-0.1, -0.05) is 0 Å². The number of aryl methyl sites for hydroxylation is 1. The SMILES string of the molecule is Cn1ccc(NC(=O)N2C(C(=O)O)CSC2C2CC2)n1. The zero-order chi connectivity index (χ0) is 14.3. The van der Waals surface area contributed by atoms with Crippen LogP contribution in [0.5, 0.6) is 0 Å². The molecule has 0 radical (unpaired) electrons. The van der Waals surface area contributed by atoms with Crippen LogP contribution >= 0.6 is 11.8 Å². The Hall–Kier alpha value is -1.70. The van der Waals surface area contributed by atoms with Gasteiger partial charge in [0.25, 0.3) is 0 Å². The van der Waals surface area contributed by atoms with Gasteiger partial charge in [0.1, 0.15) is 6.04 Å². The van der Waals surface area contributed by atoms with Crippen molar-refractivity contribution < 1.29 is 14.7 Å². The number of urea groups is 1. The maximum atomic E-state index is 12.4. The minimum absolute atomic E-state index is 0.0280. The van der Waals surface area contributed by atoms with E-state index < -0.39 is 12.0 Å². The third-order valence-corrected chi connectivity index (χ3v) is 4.99. The number of anilines is 1. The second-order valence-electron chi connectivity index (χ2n) is 5.13. The molecule has 0 bridgehead atoms. The van der Waals surface area contributed by atoms with E-state index in [1.165, 1.54) is 4.90 Å². The monoisotopic (exact) mass is 296 g/mol. The molecule has 2 amide bonds. The summed E-state index contributed by atoms with van der Waals surface area (Å²) in [5.41, 5.74) is 0. The van der Waals surface area contributed by atoms with Crippen LogP contribution in [0, 0.1) is 5.92 Å². The van der Waals surface area contributed by atoms with Crippen molar-refractivity contribution >= 4 is 29.6 Å². The van der Waals surface area contributed by atoms with Gasteiger partial charge >= 0.3 is 12.0 Å². The molecular weight excluding hydrogens is 280 g/mol. The molecule has 0 aromatic carbocycles. The predicted molar refractivity (Wildman–Crippen MR) is 74.5 cm³/mol. The van der Waals surface area contributed by atoms with Crippen LogP contribution < -0.4 is 5.32 Å². The number of aromatic nitrogens is 2. The molecule has 20 heavy (non-hydrogen) atoms. The Morgan fingerprint density at radius 1 is 1.50 bits per heavy atom. The van der Waals surface area contributed by atoms with E-state index in [2.05, 4.69) is 10.4 Å². The molecule has 1 saturated carbocycles. The first-order valence-electron chi connectivity index (χ1n) is 6.49. The number of nitrogens with one attached hydrogen (secondary N) is 1. The molecule has 2 aliphatic rings. The zero-order valence-electron chi connectivity index (χ0n) is 11.0. The van der Waals surface area contributed by atoms with Gasteiger partial charge in [0.15, 0.2) is 5.82 Å². The average molecular weight is 296 g/mol. The molecule has 2 heterocycles. The molecule has 1 saturated heterocycles. The molecule has 7 nitrogen and oxygen atoms in total. The number of carboxylic acids is 1. The van der Waals surface area contributed by atoms with Gasteiger partial charge in [0, 0.05) is 25.1 Å². The number of carbonyl (C=O) groups excluding carboxylic acids is 1. The standard InChI is InChI=1S/C12H16N4O3S/c1-15-5-4-9(14-15)13-12(19)16-8(11(17)18)6-20-10(16)7-2-3-7/h4-5,7-8,10H,2-3,6H2,1H3,(H,17,18)(H,13,14,19). The fraction of sp³-hybridized carbons (Fsp3) is 0.583. The molecule has 1 aromatic heterocycles. The molecule has 3 rings (SSSR count). The van der Waals surface area contributed by atoms with Crippen molar-refractivity contribution in [2.24, 2.45) is 13.0 Å². The van der Waals surface area contributed by atoms with Gasteiger partial charge in [0.2, 0.25) is 0 Å². The maximum Gasteiger partial charge on any atom is 0.327 e. The number of amides is 2. The molecule has 0 spiro atoms. The molecule has 2 fully saturated rings. The van der Waals surface area contributed by atoms with E-state index in [-0.39, 0.29) is 11.4 Å². The Kier molecular flexibility index (Phi) is 3.33. The number of thioether (sulfide) groups is 1. The summed E-state index contributed by atoms with van der Waals surface area (Å²) in [4.78, 5) is 25.1. The van der Waals surface area contributed by atoms with E-state index in [9.17, 15) is 14.7 Å². The fourth-order valence-corrected chi connectivity index (χ4v) is 4.01. The third kappa shape index (κ3) is 2.47. The number of hydrogen-bond acceptors (Lipinski definition) is 4. The molecule has 8 heteroatoms. The Balaban J connectivity index is 1.76. The highest BCUT2D eigenvalue weighted by molar-refractivity contribution is 8.00. The summed E-state index contributed by atoms with van der Waals surface area (Å²) in [6.45, 7) is 0. The molecule has 2 N–H and O–H groups in total. The maximum absolute atomic E-state index is 12.4. The summed E-state index contributed by atoms with van der Waals surface area (Å²) in [5.74, 6) is 0.371. The van der Waals surface area contributed by atoms with E-state index in [1.807, 2.05) is 0 Å². The number of hydrogen-bond donors (Lipinski definition) is 2. The van der Waals surface area contributed by atoms with Gasteiger partial charge in [-0.2, -0.15) is 5.10 Å². The van der Waals surface area contributed by atoms with Crippen LogP contribution in [0.1, 0.15) is 12.8 Å². The normalized spacial score (nSPS) is 25.8. The van der Waals surface area contributed by atoms with Crippen LogP contribution in [0.3, 0.4) is 0 Å². The Bertz CT molecular complexity index is 543. The quantitative estimate of drug-likeness (QED) is 0.875. The van der Waals surface area contributed by atoms with Crippen LogP contribution in [-0.2, 0) is 11.8 Å². The van der Waals surface area contributed by atoms with Crippen LogP contribution in [0.2, 0.25) is 0 Å². The van der Waals surface area contributed by atoms with Crippen molar-refractivity contribution in [2.45, 2.75) is 24.3 Å². The smallest absolute Gasteiger partial charge is 0.327 e. The van der Waals surface area contributed by atoms with Crippen molar-refractivity contribution in [3.8, 4) is 0 Å². The van der Waals surface area contributed by atoms with E-state index in [1.54, 1.807) is 35.8 Å². The minimum atomic E-state index is -0.947. The number of rotatable bonds is 3. The third-order valence-electron chi connectivity index (χ3n) is 3.53. The molecular formula is C12H16N4O3S. The Morgan fingerprint density at radius 3 is 2.80 bits per heavy atom. The topological polar surface area (TPSA) is 87.5 Å². The van der Waals surface area contributed by atoms with E-state index in [4.69, 9.17) is 0 Å². The average Bonchev–Trinajstić information content (AvgIpc) is 3.00. The Labute approximate surface area is 120 Å². The summed E-state index contributed by atoms with van der Waals surface area (Å²) in [5, 5.41) is 16.0. The summed E-state index contributed by atoms with van der Waals surface area (Å²) < 4.78 is 1.58. The van der Waals surface area contributed by atoms with Gasteiger partial charge in [-0.3, -0.25) is 14.9 Å². The van der Waals surface area contributed by atoms with Crippen LogP contribution in [0.25, 0.3) is 0 Å². The highest BCUT2D eigenvalue weighted by atomic mass is 32.2. The van der Waals surface area contributed by atoms with E-state index >= 15 is 0 Å². The summed E-state index contributed by atoms with van der Waals surface area (Å²) >= 11 is 1.56. The van der Waals surface area contributed by atoms with Gasteiger partial charge < -0.3 is 5.11 Å². The molecule has 1 aliphatic carbocycles. The zero-order valence-corrected chi connectivity index (χ0v) is 11.8. The largest absolute Gasteiger partial charge is 0.480 e. The number of nitrogens with zero attached hydrogens (tertiary/aromatic N) is 3. The van der Waals surface area contributed by atoms with Crippen molar-refractivity contribution in [1.82, 2.24) is 14.7 Å². The number of carbonyl (C=O) groups is 2. The molecule has 2 unspecified atom stereocenters. The van der Waals surface area contributed by atoms with Gasteiger partial charge in [0.05, 0.1) is 5.37 Å².